The van der Waals surface area contributed by atoms with Crippen molar-refractivity contribution < 1.29 is 28.6 Å². The molecule has 204 valence electrons. The van der Waals surface area contributed by atoms with Crippen LogP contribution in [0, 0.1) is 5.82 Å². The van der Waals surface area contributed by atoms with E-state index in [1.807, 2.05) is 30.3 Å². The van der Waals surface area contributed by atoms with Crippen LogP contribution >= 0.6 is 11.6 Å². The van der Waals surface area contributed by atoms with E-state index >= 15 is 0 Å². The number of hydrogen-bond donors (Lipinski definition) is 3. The summed E-state index contributed by atoms with van der Waals surface area (Å²) in [4.78, 5) is 55.7. The first-order valence-electron chi connectivity index (χ1n) is 12.1. The molecule has 0 aliphatic carbocycles. The van der Waals surface area contributed by atoms with Crippen molar-refractivity contribution >= 4 is 29.5 Å². The first-order valence-corrected chi connectivity index (χ1v) is 12.4. The Morgan fingerprint density at radius 1 is 1.18 bits per heavy atom. The van der Waals surface area contributed by atoms with E-state index in [9.17, 15) is 28.7 Å². The summed E-state index contributed by atoms with van der Waals surface area (Å²) in [5, 5.41) is 12.9. The number of aromatic nitrogens is 1. The lowest BCUT2D eigenvalue weighted by molar-refractivity contribution is 0.0721. The minimum absolute atomic E-state index is 0.0405. The second-order valence-corrected chi connectivity index (χ2v) is 9.38. The highest BCUT2D eigenvalue weighted by molar-refractivity contribution is 6.30. The second kappa shape index (κ2) is 12.0. The Labute approximate surface area is 228 Å². The summed E-state index contributed by atoms with van der Waals surface area (Å²) in [6, 6.07) is 13.2. The van der Waals surface area contributed by atoms with E-state index in [1.54, 1.807) is 0 Å². The highest BCUT2D eigenvalue weighted by atomic mass is 35.5. The summed E-state index contributed by atoms with van der Waals surface area (Å²) in [6.45, 7) is 0.521. The van der Waals surface area contributed by atoms with Crippen molar-refractivity contribution in [2.24, 2.45) is 0 Å². The molecule has 1 aliphatic rings. The third kappa shape index (κ3) is 6.37. The van der Waals surface area contributed by atoms with Crippen molar-refractivity contribution in [3.05, 3.63) is 97.7 Å². The predicted octanol–water partition coefficient (Wildman–Crippen LogP) is 3.07. The molecule has 0 spiro atoms. The molecule has 3 aromatic rings. The van der Waals surface area contributed by atoms with E-state index in [0.29, 0.717) is 5.56 Å². The maximum absolute atomic E-state index is 13.5. The maximum atomic E-state index is 13.5. The van der Waals surface area contributed by atoms with Gasteiger partial charge in [0.2, 0.25) is 0 Å². The van der Waals surface area contributed by atoms with Crippen LogP contribution in [0.5, 0.6) is 5.75 Å². The number of amides is 3. The van der Waals surface area contributed by atoms with Crippen LogP contribution in [0.2, 0.25) is 5.02 Å². The van der Waals surface area contributed by atoms with Crippen LogP contribution in [0.15, 0.2) is 53.3 Å². The summed E-state index contributed by atoms with van der Waals surface area (Å²) >= 11 is 5.83. The number of rotatable bonds is 8. The van der Waals surface area contributed by atoms with Crippen LogP contribution in [0.25, 0.3) is 0 Å². The molecule has 0 radical (unpaired) electrons. The van der Waals surface area contributed by atoms with Gasteiger partial charge in [0.15, 0.2) is 5.75 Å². The van der Waals surface area contributed by atoms with Gasteiger partial charge in [-0.15, -0.1) is 0 Å². The number of carbonyl (C=O) groups excluding carboxylic acids is 3. The van der Waals surface area contributed by atoms with Gasteiger partial charge in [0.1, 0.15) is 18.1 Å². The zero-order valence-electron chi connectivity index (χ0n) is 21.0. The van der Waals surface area contributed by atoms with Crippen LogP contribution in [0.4, 0.5) is 9.18 Å². The van der Waals surface area contributed by atoms with Crippen LogP contribution in [-0.2, 0) is 24.3 Å². The lowest BCUT2D eigenvalue weighted by Gasteiger charge is -2.30. The SMILES string of the molecule is CN(CCNC(=O)c1[nH]c(=O)c(O)c2c1CCN(Cc1ccc(F)c(Cl)c1)C2=O)C(=O)OCc1ccccc1. The summed E-state index contributed by atoms with van der Waals surface area (Å²) < 4.78 is 18.7. The number of aromatic hydroxyl groups is 1. The standard InChI is InChI=1S/C27H26ClFN4O6/c1-32(27(38)39-15-16-5-3-2-4-6-16)12-10-30-24(35)22-18-9-11-33(14-17-7-8-20(29)19(28)13-17)26(37)21(18)23(34)25(36)31-22/h2-8,13,34H,9-12,14-15H2,1H3,(H,30,35)(H,31,36). The number of benzene rings is 2. The zero-order valence-corrected chi connectivity index (χ0v) is 21.8. The van der Waals surface area contributed by atoms with Crippen LogP contribution in [0.3, 0.4) is 0 Å². The maximum Gasteiger partial charge on any atom is 0.409 e. The smallest absolute Gasteiger partial charge is 0.409 e. The predicted molar refractivity (Wildman–Crippen MR) is 140 cm³/mol. The normalized spacial score (nSPS) is 12.6. The van der Waals surface area contributed by atoms with Gasteiger partial charge in [0, 0.05) is 33.2 Å². The van der Waals surface area contributed by atoms with Gasteiger partial charge in [-0.3, -0.25) is 14.4 Å². The Bertz CT molecular complexity index is 1460. The number of aromatic amines is 1. The number of halogens is 2. The molecule has 0 fully saturated rings. The third-order valence-electron chi connectivity index (χ3n) is 6.26. The van der Waals surface area contributed by atoms with Gasteiger partial charge in [0.05, 0.1) is 10.6 Å². The Kier molecular flexibility index (Phi) is 8.50. The van der Waals surface area contributed by atoms with Gasteiger partial charge in [-0.2, -0.15) is 0 Å². The number of hydrogen-bond acceptors (Lipinski definition) is 6. The molecule has 12 heteroatoms. The number of H-pyrrole nitrogens is 1. The van der Waals surface area contributed by atoms with Crippen molar-refractivity contribution in [1.29, 1.82) is 0 Å². The number of pyridine rings is 1. The van der Waals surface area contributed by atoms with E-state index in [0.717, 1.165) is 5.56 Å². The lowest BCUT2D eigenvalue weighted by Crippen LogP contribution is -2.41. The van der Waals surface area contributed by atoms with Gasteiger partial charge in [0.25, 0.3) is 17.4 Å². The summed E-state index contributed by atoms with van der Waals surface area (Å²) in [5.41, 5.74) is 0.221. The summed E-state index contributed by atoms with van der Waals surface area (Å²) in [5.74, 6) is -2.68. The van der Waals surface area contributed by atoms with Crippen molar-refractivity contribution in [3.63, 3.8) is 0 Å². The molecule has 0 unspecified atom stereocenters. The molecule has 3 N–H and O–H groups in total. The zero-order chi connectivity index (χ0) is 28.1. The number of nitrogens with zero attached hydrogens (tertiary/aromatic N) is 2. The van der Waals surface area contributed by atoms with Gasteiger partial charge in [-0.05, 0) is 35.2 Å². The van der Waals surface area contributed by atoms with E-state index in [1.165, 1.54) is 35.0 Å². The van der Waals surface area contributed by atoms with Crippen molar-refractivity contribution in [1.82, 2.24) is 20.1 Å². The van der Waals surface area contributed by atoms with Crippen LogP contribution in [-0.4, -0.2) is 64.5 Å². The lowest BCUT2D eigenvalue weighted by atomic mass is 9.96. The minimum Gasteiger partial charge on any atom is -0.502 e. The minimum atomic E-state index is -0.986. The molecule has 0 saturated heterocycles. The largest absolute Gasteiger partial charge is 0.502 e. The number of likely N-dealkylation sites (N-methyl/N-ethyl adjacent to an activating group) is 1. The molecule has 2 aromatic carbocycles. The molecule has 2 heterocycles. The fourth-order valence-electron chi connectivity index (χ4n) is 4.17. The van der Waals surface area contributed by atoms with Gasteiger partial charge >= 0.3 is 6.09 Å². The van der Waals surface area contributed by atoms with E-state index < -0.39 is 35.0 Å². The molecule has 1 aromatic heterocycles. The van der Waals surface area contributed by atoms with Crippen molar-refractivity contribution in [2.45, 2.75) is 19.6 Å². The Balaban J connectivity index is 1.40. The molecular formula is C27H26ClFN4O6. The van der Waals surface area contributed by atoms with E-state index in [-0.39, 0.29) is 61.1 Å². The van der Waals surface area contributed by atoms with Crippen LogP contribution in [0.1, 0.15) is 37.5 Å². The van der Waals surface area contributed by atoms with Crippen LogP contribution < -0.4 is 10.9 Å². The topological polar surface area (TPSA) is 132 Å². The summed E-state index contributed by atoms with van der Waals surface area (Å²) in [7, 11) is 1.52. The van der Waals surface area contributed by atoms with Crippen molar-refractivity contribution in [2.75, 3.05) is 26.7 Å². The average molecular weight is 557 g/mol. The highest BCUT2D eigenvalue weighted by Crippen LogP contribution is 2.28. The molecule has 4 rings (SSSR count). The molecule has 0 bridgehead atoms. The first-order chi connectivity index (χ1) is 18.7. The molecule has 1 aliphatic heterocycles. The number of fused-ring (bicyclic) bond motifs is 1. The average Bonchev–Trinajstić information content (AvgIpc) is 2.93. The first kappa shape index (κ1) is 27.6. The quantitative estimate of drug-likeness (QED) is 0.391. The Hall–Kier alpha value is -4.38. The van der Waals surface area contributed by atoms with Crippen molar-refractivity contribution in [3.8, 4) is 5.75 Å². The summed E-state index contributed by atoms with van der Waals surface area (Å²) in [6.07, 6.45) is -0.397. The molecule has 39 heavy (non-hydrogen) atoms. The second-order valence-electron chi connectivity index (χ2n) is 8.97. The fraction of sp³-hybridized carbons (Fsp3) is 0.259. The van der Waals surface area contributed by atoms with Gasteiger partial charge in [-0.1, -0.05) is 48.0 Å². The third-order valence-corrected chi connectivity index (χ3v) is 6.55. The molecule has 0 atom stereocenters. The number of ether oxygens (including phenoxy) is 1. The van der Waals surface area contributed by atoms with Gasteiger partial charge in [-0.25, -0.2) is 9.18 Å². The monoisotopic (exact) mass is 556 g/mol. The molecule has 3 amide bonds. The molecule has 10 nitrogen and oxygen atoms in total. The van der Waals surface area contributed by atoms with Gasteiger partial charge < -0.3 is 29.9 Å². The Morgan fingerprint density at radius 2 is 1.92 bits per heavy atom. The highest BCUT2D eigenvalue weighted by Gasteiger charge is 2.33. The molecular weight excluding hydrogens is 531 g/mol. The number of carbonyl (C=O) groups is 3. The molecule has 0 saturated carbocycles. The van der Waals surface area contributed by atoms with E-state index in [2.05, 4.69) is 10.3 Å². The van der Waals surface area contributed by atoms with E-state index in [4.69, 9.17) is 16.3 Å². The fourth-order valence-corrected chi connectivity index (χ4v) is 4.37. The number of nitrogens with one attached hydrogen (secondary N) is 2. The Morgan fingerprint density at radius 3 is 2.64 bits per heavy atom.